The van der Waals surface area contributed by atoms with Crippen LogP contribution in [0.15, 0.2) is 0 Å². The number of fused-ring (bicyclic) bond motifs is 1. The van der Waals surface area contributed by atoms with Gasteiger partial charge in [0.2, 0.25) is 11.2 Å². The maximum Gasteiger partial charge on any atom is 0.247 e. The summed E-state index contributed by atoms with van der Waals surface area (Å²) in [6, 6.07) is -0.646. The van der Waals surface area contributed by atoms with Crippen LogP contribution in [0.1, 0.15) is 12.1 Å². The molecule has 0 aliphatic carbocycles. The van der Waals surface area contributed by atoms with Crippen LogP contribution >= 0.6 is 11.6 Å². The number of anilines is 2. The quantitative estimate of drug-likeness (QED) is 0.793. The lowest BCUT2D eigenvalue weighted by Crippen LogP contribution is -2.40. The second-order valence-electron chi connectivity index (χ2n) is 4.41. The Morgan fingerprint density at radius 3 is 2.68 bits per heavy atom. The van der Waals surface area contributed by atoms with Gasteiger partial charge in [-0.2, -0.15) is 4.98 Å². The number of halogens is 1. The number of aryl methyl sites for hydroxylation is 1. The van der Waals surface area contributed by atoms with Crippen molar-refractivity contribution in [3.05, 3.63) is 11.0 Å². The van der Waals surface area contributed by atoms with Crippen molar-refractivity contribution in [3.63, 3.8) is 0 Å². The maximum atomic E-state index is 11.9. The van der Waals surface area contributed by atoms with E-state index < -0.39 is 15.9 Å². The van der Waals surface area contributed by atoms with Gasteiger partial charge in [-0.3, -0.25) is 4.79 Å². The Labute approximate surface area is 115 Å². The molecule has 0 bridgehead atoms. The van der Waals surface area contributed by atoms with Gasteiger partial charge in [0, 0.05) is 6.26 Å². The highest BCUT2D eigenvalue weighted by molar-refractivity contribution is 7.90. The average molecular weight is 305 g/mol. The lowest BCUT2D eigenvalue weighted by atomic mass is 10.1. The molecule has 0 radical (unpaired) electrons. The van der Waals surface area contributed by atoms with Crippen molar-refractivity contribution in [2.75, 3.05) is 22.6 Å². The molecule has 0 saturated heterocycles. The van der Waals surface area contributed by atoms with Crippen LogP contribution in [0.5, 0.6) is 0 Å². The largest absolute Gasteiger partial charge is 0.356 e. The zero-order chi connectivity index (χ0) is 14.2. The van der Waals surface area contributed by atoms with Gasteiger partial charge in [-0.05, 0) is 24.9 Å². The zero-order valence-electron chi connectivity index (χ0n) is 10.4. The standard InChI is InChI=1S/C10H13ClN4O3S/c1-5-7-8(15-10(11)12-5)13-6(9(16)14-7)3-4-19(2,17)18/h6H,3-4H2,1-2H3,(H,14,16)(H,12,13,15). The molecular formula is C10H13ClN4O3S. The first-order valence-corrected chi connectivity index (χ1v) is 7.99. The Hall–Kier alpha value is -1.41. The first kappa shape index (κ1) is 14.0. The highest BCUT2D eigenvalue weighted by Crippen LogP contribution is 2.29. The van der Waals surface area contributed by atoms with E-state index in [2.05, 4.69) is 20.6 Å². The SMILES string of the molecule is Cc1nc(Cl)nc2c1NC(=O)C(CCS(C)(=O)=O)N2. The van der Waals surface area contributed by atoms with Crippen LogP contribution in [0.25, 0.3) is 0 Å². The summed E-state index contributed by atoms with van der Waals surface area (Å²) in [5.74, 6) is 0.0337. The Balaban J connectivity index is 2.22. The van der Waals surface area contributed by atoms with Crippen molar-refractivity contribution in [2.45, 2.75) is 19.4 Å². The van der Waals surface area contributed by atoms with E-state index in [4.69, 9.17) is 11.6 Å². The van der Waals surface area contributed by atoms with Gasteiger partial charge in [0.15, 0.2) is 5.82 Å². The van der Waals surface area contributed by atoms with E-state index in [0.29, 0.717) is 17.2 Å². The molecule has 2 heterocycles. The molecule has 104 valence electrons. The first-order valence-electron chi connectivity index (χ1n) is 5.55. The molecule has 0 spiro atoms. The van der Waals surface area contributed by atoms with Gasteiger partial charge >= 0.3 is 0 Å². The number of nitrogens with zero attached hydrogens (tertiary/aromatic N) is 2. The zero-order valence-corrected chi connectivity index (χ0v) is 12.0. The number of hydrogen-bond donors (Lipinski definition) is 2. The second-order valence-corrected chi connectivity index (χ2v) is 7.00. The van der Waals surface area contributed by atoms with Crippen molar-refractivity contribution in [1.82, 2.24) is 9.97 Å². The lowest BCUT2D eigenvalue weighted by Gasteiger charge is -2.26. The van der Waals surface area contributed by atoms with Crippen molar-refractivity contribution in [2.24, 2.45) is 0 Å². The molecular weight excluding hydrogens is 292 g/mol. The third-order valence-corrected chi connectivity index (χ3v) is 3.86. The molecule has 0 saturated carbocycles. The summed E-state index contributed by atoms with van der Waals surface area (Å²) >= 11 is 5.74. The Bertz CT molecular complexity index is 632. The minimum atomic E-state index is -3.12. The minimum absolute atomic E-state index is 0.0711. The minimum Gasteiger partial charge on any atom is -0.356 e. The lowest BCUT2D eigenvalue weighted by molar-refractivity contribution is -0.117. The normalized spacial score (nSPS) is 18.5. The highest BCUT2D eigenvalue weighted by atomic mass is 35.5. The van der Waals surface area contributed by atoms with Gasteiger partial charge in [0.1, 0.15) is 21.6 Å². The van der Waals surface area contributed by atoms with Crippen LogP contribution in [-0.4, -0.2) is 42.3 Å². The fraction of sp³-hybridized carbons (Fsp3) is 0.500. The van der Waals surface area contributed by atoms with Crippen LogP contribution in [0, 0.1) is 6.92 Å². The van der Waals surface area contributed by atoms with E-state index >= 15 is 0 Å². The molecule has 2 N–H and O–H groups in total. The van der Waals surface area contributed by atoms with Crippen LogP contribution in [0.4, 0.5) is 11.5 Å². The molecule has 1 aromatic rings. The predicted molar refractivity (Wildman–Crippen MR) is 72.1 cm³/mol. The molecule has 7 nitrogen and oxygen atoms in total. The number of carbonyl (C=O) groups is 1. The smallest absolute Gasteiger partial charge is 0.247 e. The van der Waals surface area contributed by atoms with Gasteiger partial charge in [0.25, 0.3) is 0 Å². The van der Waals surface area contributed by atoms with Crippen molar-refractivity contribution in [3.8, 4) is 0 Å². The Morgan fingerprint density at radius 1 is 1.37 bits per heavy atom. The van der Waals surface area contributed by atoms with Gasteiger partial charge in [-0.25, -0.2) is 13.4 Å². The van der Waals surface area contributed by atoms with E-state index in [1.54, 1.807) is 6.92 Å². The van der Waals surface area contributed by atoms with E-state index in [1.165, 1.54) is 0 Å². The number of amides is 1. The molecule has 1 atom stereocenters. The number of carbonyl (C=O) groups excluding carboxylic acids is 1. The van der Waals surface area contributed by atoms with Crippen LogP contribution in [-0.2, 0) is 14.6 Å². The number of nitrogens with one attached hydrogen (secondary N) is 2. The molecule has 1 aliphatic rings. The van der Waals surface area contributed by atoms with Crippen molar-refractivity contribution >= 4 is 38.9 Å². The van der Waals surface area contributed by atoms with Crippen molar-refractivity contribution < 1.29 is 13.2 Å². The number of rotatable bonds is 3. The molecule has 19 heavy (non-hydrogen) atoms. The average Bonchev–Trinajstić information content (AvgIpc) is 2.26. The molecule has 0 fully saturated rings. The first-order chi connectivity index (χ1) is 8.76. The van der Waals surface area contributed by atoms with Gasteiger partial charge in [-0.15, -0.1) is 0 Å². The summed E-state index contributed by atoms with van der Waals surface area (Å²) < 4.78 is 22.3. The molecule has 1 aliphatic heterocycles. The molecule has 1 unspecified atom stereocenters. The van der Waals surface area contributed by atoms with E-state index in [-0.39, 0.29) is 23.4 Å². The fourth-order valence-electron chi connectivity index (χ4n) is 1.77. The van der Waals surface area contributed by atoms with E-state index in [1.807, 2.05) is 0 Å². The number of aromatic nitrogens is 2. The Morgan fingerprint density at radius 2 is 2.05 bits per heavy atom. The third-order valence-electron chi connectivity index (χ3n) is 2.72. The predicted octanol–water partition coefficient (Wildman–Crippen LogP) is 0.606. The van der Waals surface area contributed by atoms with Gasteiger partial charge in [-0.1, -0.05) is 0 Å². The van der Waals surface area contributed by atoms with Crippen LogP contribution in [0.2, 0.25) is 5.28 Å². The summed E-state index contributed by atoms with van der Waals surface area (Å²) in [4.78, 5) is 19.8. The molecule has 1 amide bonds. The number of hydrogen-bond acceptors (Lipinski definition) is 6. The third kappa shape index (κ3) is 3.32. The molecule has 1 aromatic heterocycles. The Kier molecular flexibility index (Phi) is 3.64. The van der Waals surface area contributed by atoms with E-state index in [0.717, 1.165) is 6.26 Å². The topological polar surface area (TPSA) is 101 Å². The van der Waals surface area contributed by atoms with Crippen LogP contribution < -0.4 is 10.6 Å². The summed E-state index contributed by atoms with van der Waals surface area (Å²) in [5, 5.41) is 5.62. The fourth-order valence-corrected chi connectivity index (χ4v) is 2.64. The molecule has 2 rings (SSSR count). The second kappa shape index (κ2) is 4.93. The van der Waals surface area contributed by atoms with Crippen molar-refractivity contribution in [1.29, 1.82) is 0 Å². The van der Waals surface area contributed by atoms with E-state index in [9.17, 15) is 13.2 Å². The highest BCUT2D eigenvalue weighted by Gasteiger charge is 2.28. The van der Waals surface area contributed by atoms with Gasteiger partial charge in [0.05, 0.1) is 11.4 Å². The van der Waals surface area contributed by atoms with Crippen LogP contribution in [0.3, 0.4) is 0 Å². The number of sulfone groups is 1. The molecule has 9 heteroatoms. The summed E-state index contributed by atoms with van der Waals surface area (Å²) in [5.41, 5.74) is 1.03. The summed E-state index contributed by atoms with van der Waals surface area (Å²) in [6.07, 6.45) is 1.30. The monoisotopic (exact) mass is 304 g/mol. The van der Waals surface area contributed by atoms with Gasteiger partial charge < -0.3 is 10.6 Å². The summed E-state index contributed by atoms with van der Waals surface area (Å²) in [7, 11) is -3.12. The molecule has 0 aromatic carbocycles. The summed E-state index contributed by atoms with van der Waals surface area (Å²) in [6.45, 7) is 1.70. The maximum absolute atomic E-state index is 11.9.